The lowest BCUT2D eigenvalue weighted by Gasteiger charge is -2.32. The Labute approximate surface area is 116 Å². The lowest BCUT2D eigenvalue weighted by molar-refractivity contribution is 0.178. The predicted molar refractivity (Wildman–Crippen MR) is 77.0 cm³/mol. The van der Waals surface area contributed by atoms with Crippen LogP contribution in [-0.4, -0.2) is 46.7 Å². The Kier molecular flexibility index (Phi) is 4.51. The van der Waals surface area contributed by atoms with Crippen LogP contribution in [0.5, 0.6) is 0 Å². The van der Waals surface area contributed by atoms with Crippen molar-refractivity contribution in [2.75, 3.05) is 26.2 Å². The largest absolute Gasteiger partial charge is 0.337 e. The van der Waals surface area contributed by atoms with Crippen LogP contribution in [-0.2, 0) is 6.54 Å². The normalized spacial score (nSPS) is 21.9. The van der Waals surface area contributed by atoms with Gasteiger partial charge >= 0.3 is 0 Å². The number of hydrogen-bond acceptors (Lipinski definition) is 3. The van der Waals surface area contributed by atoms with E-state index < -0.39 is 0 Å². The molecule has 19 heavy (non-hydrogen) atoms. The Morgan fingerprint density at radius 2 is 1.95 bits per heavy atom. The minimum atomic E-state index is 0.869. The van der Waals surface area contributed by atoms with E-state index in [1.54, 1.807) is 0 Å². The third-order valence-electron chi connectivity index (χ3n) is 4.43. The first kappa shape index (κ1) is 13.1. The molecule has 0 aromatic carbocycles. The SMILES string of the molecule is c1cn(CCCN2CCC(CNC3CC3)CC2)cn1. The number of hydrogen-bond donors (Lipinski definition) is 1. The van der Waals surface area contributed by atoms with E-state index in [1.807, 2.05) is 12.5 Å². The predicted octanol–water partition coefficient (Wildman–Crippen LogP) is 1.74. The van der Waals surface area contributed by atoms with E-state index in [9.17, 15) is 0 Å². The molecule has 1 aliphatic carbocycles. The Bertz CT molecular complexity index is 350. The summed E-state index contributed by atoms with van der Waals surface area (Å²) in [5.41, 5.74) is 0. The molecule has 106 valence electrons. The van der Waals surface area contributed by atoms with Crippen LogP contribution in [0.25, 0.3) is 0 Å². The molecule has 2 aliphatic rings. The van der Waals surface area contributed by atoms with Crippen LogP contribution in [0.1, 0.15) is 32.1 Å². The van der Waals surface area contributed by atoms with Gasteiger partial charge in [-0.3, -0.25) is 0 Å². The Morgan fingerprint density at radius 1 is 1.11 bits per heavy atom. The van der Waals surface area contributed by atoms with Crippen molar-refractivity contribution in [1.29, 1.82) is 0 Å². The highest BCUT2D eigenvalue weighted by Crippen LogP contribution is 2.21. The highest BCUT2D eigenvalue weighted by Gasteiger charge is 2.24. The van der Waals surface area contributed by atoms with Crippen LogP contribution >= 0.6 is 0 Å². The van der Waals surface area contributed by atoms with E-state index in [4.69, 9.17) is 0 Å². The van der Waals surface area contributed by atoms with E-state index in [2.05, 4.69) is 26.0 Å². The van der Waals surface area contributed by atoms with Gasteiger partial charge in [0.1, 0.15) is 0 Å². The van der Waals surface area contributed by atoms with Crippen LogP contribution in [0.3, 0.4) is 0 Å². The molecule has 1 saturated heterocycles. The number of imidazole rings is 1. The van der Waals surface area contributed by atoms with Crippen molar-refractivity contribution in [2.45, 2.75) is 44.7 Å². The first-order chi connectivity index (χ1) is 9.40. The van der Waals surface area contributed by atoms with Gasteiger partial charge in [0.05, 0.1) is 6.33 Å². The molecule has 1 aliphatic heterocycles. The molecule has 0 atom stereocenters. The monoisotopic (exact) mass is 262 g/mol. The van der Waals surface area contributed by atoms with E-state index >= 15 is 0 Å². The van der Waals surface area contributed by atoms with Crippen molar-refractivity contribution >= 4 is 0 Å². The number of piperidine rings is 1. The van der Waals surface area contributed by atoms with Crippen molar-refractivity contribution in [2.24, 2.45) is 5.92 Å². The van der Waals surface area contributed by atoms with Crippen molar-refractivity contribution in [3.8, 4) is 0 Å². The maximum absolute atomic E-state index is 4.08. The molecule has 1 N–H and O–H groups in total. The second kappa shape index (κ2) is 6.53. The fraction of sp³-hybridized carbons (Fsp3) is 0.800. The highest BCUT2D eigenvalue weighted by atomic mass is 15.1. The molecule has 0 spiro atoms. The van der Waals surface area contributed by atoms with Crippen molar-refractivity contribution in [3.63, 3.8) is 0 Å². The molecule has 2 heterocycles. The summed E-state index contributed by atoms with van der Waals surface area (Å²) in [6.45, 7) is 6.18. The molecule has 0 radical (unpaired) electrons. The summed E-state index contributed by atoms with van der Waals surface area (Å²) in [6.07, 6.45) is 12.6. The second-order valence-corrected chi connectivity index (χ2v) is 6.12. The van der Waals surface area contributed by atoms with E-state index in [0.717, 1.165) is 18.5 Å². The number of aryl methyl sites for hydroxylation is 1. The lowest BCUT2D eigenvalue weighted by atomic mass is 9.96. The average Bonchev–Trinajstić information content (AvgIpc) is 3.13. The summed E-state index contributed by atoms with van der Waals surface area (Å²) in [4.78, 5) is 6.71. The molecule has 1 aromatic heterocycles. The standard InChI is InChI=1S/C15H26N4/c1(8-19-11-6-16-13-19)7-18-9-4-14(5-10-18)12-17-15-2-3-15/h6,11,13-15,17H,1-5,7-10,12H2. The average molecular weight is 262 g/mol. The zero-order chi connectivity index (χ0) is 12.9. The van der Waals surface area contributed by atoms with Gasteiger partial charge in [0.25, 0.3) is 0 Å². The fourth-order valence-electron chi connectivity index (χ4n) is 2.93. The van der Waals surface area contributed by atoms with Crippen LogP contribution in [0.2, 0.25) is 0 Å². The number of aromatic nitrogens is 2. The minimum Gasteiger partial charge on any atom is -0.337 e. The third kappa shape index (κ3) is 4.32. The number of nitrogens with zero attached hydrogens (tertiary/aromatic N) is 3. The summed E-state index contributed by atoms with van der Waals surface area (Å²) in [6, 6.07) is 0.869. The molecule has 1 saturated carbocycles. The van der Waals surface area contributed by atoms with Crippen molar-refractivity contribution in [1.82, 2.24) is 19.8 Å². The number of rotatable bonds is 7. The smallest absolute Gasteiger partial charge is 0.0945 e. The summed E-state index contributed by atoms with van der Waals surface area (Å²) < 4.78 is 2.17. The number of nitrogens with one attached hydrogen (secondary N) is 1. The van der Waals surface area contributed by atoms with Gasteiger partial charge in [-0.05, 0) is 64.2 Å². The van der Waals surface area contributed by atoms with Crippen LogP contribution in [0.15, 0.2) is 18.7 Å². The third-order valence-corrected chi connectivity index (χ3v) is 4.43. The molecule has 0 amide bonds. The van der Waals surface area contributed by atoms with Gasteiger partial charge in [-0.2, -0.15) is 0 Å². The first-order valence-electron chi connectivity index (χ1n) is 7.81. The summed E-state index contributed by atoms with van der Waals surface area (Å²) in [5, 5.41) is 3.67. The summed E-state index contributed by atoms with van der Waals surface area (Å²) >= 11 is 0. The number of likely N-dealkylation sites (tertiary alicyclic amines) is 1. The van der Waals surface area contributed by atoms with Crippen molar-refractivity contribution < 1.29 is 0 Å². The van der Waals surface area contributed by atoms with Gasteiger partial charge in [0.15, 0.2) is 0 Å². The van der Waals surface area contributed by atoms with Gasteiger partial charge < -0.3 is 14.8 Å². The summed E-state index contributed by atoms with van der Waals surface area (Å²) in [5.74, 6) is 0.922. The minimum absolute atomic E-state index is 0.869. The van der Waals surface area contributed by atoms with Gasteiger partial charge in [-0.15, -0.1) is 0 Å². The Balaban J connectivity index is 1.27. The Hall–Kier alpha value is -0.870. The zero-order valence-electron chi connectivity index (χ0n) is 11.8. The Morgan fingerprint density at radius 3 is 2.63 bits per heavy atom. The van der Waals surface area contributed by atoms with E-state index in [0.29, 0.717) is 0 Å². The molecule has 1 aromatic rings. The molecule has 0 bridgehead atoms. The zero-order valence-corrected chi connectivity index (χ0v) is 11.8. The van der Waals surface area contributed by atoms with Gasteiger partial charge in [-0.25, -0.2) is 4.98 Å². The second-order valence-electron chi connectivity index (χ2n) is 6.12. The van der Waals surface area contributed by atoms with Crippen LogP contribution in [0.4, 0.5) is 0 Å². The first-order valence-corrected chi connectivity index (χ1v) is 7.81. The molecule has 4 nitrogen and oxygen atoms in total. The molecule has 0 unspecified atom stereocenters. The fourth-order valence-corrected chi connectivity index (χ4v) is 2.93. The van der Waals surface area contributed by atoms with Gasteiger partial charge in [0.2, 0.25) is 0 Å². The van der Waals surface area contributed by atoms with Crippen LogP contribution in [0, 0.1) is 5.92 Å². The van der Waals surface area contributed by atoms with Gasteiger partial charge in [0, 0.05) is 25.0 Å². The van der Waals surface area contributed by atoms with E-state index in [1.165, 1.54) is 58.3 Å². The lowest BCUT2D eigenvalue weighted by Crippen LogP contribution is -2.38. The van der Waals surface area contributed by atoms with Gasteiger partial charge in [-0.1, -0.05) is 0 Å². The summed E-state index contributed by atoms with van der Waals surface area (Å²) in [7, 11) is 0. The maximum Gasteiger partial charge on any atom is 0.0945 e. The molecule has 2 fully saturated rings. The highest BCUT2D eigenvalue weighted by molar-refractivity contribution is 4.83. The van der Waals surface area contributed by atoms with Crippen molar-refractivity contribution in [3.05, 3.63) is 18.7 Å². The molecular weight excluding hydrogens is 236 g/mol. The molecule has 4 heteroatoms. The quantitative estimate of drug-likeness (QED) is 0.812. The van der Waals surface area contributed by atoms with E-state index in [-0.39, 0.29) is 0 Å². The molecular formula is C15H26N4. The topological polar surface area (TPSA) is 33.1 Å². The maximum atomic E-state index is 4.08. The van der Waals surface area contributed by atoms with Crippen LogP contribution < -0.4 is 5.32 Å². The molecule has 3 rings (SSSR count).